The van der Waals surface area contributed by atoms with Gasteiger partial charge >= 0.3 is 0 Å². The summed E-state index contributed by atoms with van der Waals surface area (Å²) in [7, 11) is 0. The van der Waals surface area contributed by atoms with Gasteiger partial charge in [0.15, 0.2) is 0 Å². The van der Waals surface area contributed by atoms with Crippen molar-refractivity contribution in [3.63, 3.8) is 0 Å². The standard InChI is InChI=1S/C17H29N3S/c1-5-13(4)21-11-17-19-10-15-8-14(9-18-12(2)3)6-7-16(15)20-17/h10,12-14,18H,5-9,11H2,1-4H3. The molecule has 1 aliphatic rings. The molecule has 2 atom stereocenters. The van der Waals surface area contributed by atoms with Crippen molar-refractivity contribution in [3.05, 3.63) is 23.3 Å². The number of hydrogen-bond acceptors (Lipinski definition) is 4. The molecule has 0 aliphatic heterocycles. The molecule has 0 saturated carbocycles. The maximum atomic E-state index is 4.80. The second-order valence-electron chi connectivity index (χ2n) is 6.46. The van der Waals surface area contributed by atoms with Crippen LogP contribution in [0.3, 0.4) is 0 Å². The SMILES string of the molecule is CCC(C)SCc1ncc2c(n1)CCC(CNC(C)C)C2. The van der Waals surface area contributed by atoms with Crippen molar-refractivity contribution in [1.82, 2.24) is 15.3 Å². The highest BCUT2D eigenvalue weighted by atomic mass is 32.2. The first-order valence-corrected chi connectivity index (χ1v) is 9.32. The van der Waals surface area contributed by atoms with Gasteiger partial charge in [0.1, 0.15) is 5.82 Å². The van der Waals surface area contributed by atoms with Crippen LogP contribution in [0.2, 0.25) is 0 Å². The first kappa shape index (κ1) is 16.8. The molecule has 3 nitrogen and oxygen atoms in total. The average Bonchev–Trinajstić information content (AvgIpc) is 2.50. The molecule has 0 bridgehead atoms. The smallest absolute Gasteiger partial charge is 0.138 e. The van der Waals surface area contributed by atoms with Crippen molar-refractivity contribution in [2.75, 3.05) is 6.54 Å². The molecule has 2 rings (SSSR count). The molecule has 1 aliphatic carbocycles. The van der Waals surface area contributed by atoms with Gasteiger partial charge in [0.05, 0.1) is 5.75 Å². The summed E-state index contributed by atoms with van der Waals surface area (Å²) in [5.74, 6) is 2.70. The molecule has 0 amide bonds. The third-order valence-corrected chi connectivity index (χ3v) is 5.52. The Morgan fingerprint density at radius 1 is 1.38 bits per heavy atom. The van der Waals surface area contributed by atoms with Crippen molar-refractivity contribution in [1.29, 1.82) is 0 Å². The predicted molar refractivity (Wildman–Crippen MR) is 91.7 cm³/mol. The summed E-state index contributed by atoms with van der Waals surface area (Å²) in [5, 5.41) is 4.24. The van der Waals surface area contributed by atoms with Crippen LogP contribution in [0.25, 0.3) is 0 Å². The van der Waals surface area contributed by atoms with Crippen molar-refractivity contribution in [2.24, 2.45) is 5.92 Å². The van der Waals surface area contributed by atoms with E-state index in [0.29, 0.717) is 11.3 Å². The van der Waals surface area contributed by atoms with Gasteiger partial charge in [-0.3, -0.25) is 0 Å². The molecule has 1 aromatic heterocycles. The number of nitrogens with zero attached hydrogens (tertiary/aromatic N) is 2. The van der Waals surface area contributed by atoms with Crippen LogP contribution in [0.15, 0.2) is 6.20 Å². The highest BCUT2D eigenvalue weighted by Gasteiger charge is 2.20. The van der Waals surface area contributed by atoms with E-state index in [1.165, 1.54) is 24.1 Å². The minimum absolute atomic E-state index is 0.572. The summed E-state index contributed by atoms with van der Waals surface area (Å²) in [6.07, 6.45) is 6.79. The summed E-state index contributed by atoms with van der Waals surface area (Å²) < 4.78 is 0. The largest absolute Gasteiger partial charge is 0.314 e. The molecular weight excluding hydrogens is 278 g/mol. The van der Waals surface area contributed by atoms with E-state index in [-0.39, 0.29) is 0 Å². The molecule has 4 heteroatoms. The lowest BCUT2D eigenvalue weighted by molar-refractivity contribution is 0.402. The van der Waals surface area contributed by atoms with E-state index >= 15 is 0 Å². The van der Waals surface area contributed by atoms with E-state index in [1.54, 1.807) is 0 Å². The fourth-order valence-electron chi connectivity index (χ4n) is 2.61. The van der Waals surface area contributed by atoms with Gasteiger partial charge in [-0.1, -0.05) is 27.7 Å². The van der Waals surface area contributed by atoms with Gasteiger partial charge in [-0.05, 0) is 43.7 Å². The molecule has 0 spiro atoms. The Morgan fingerprint density at radius 2 is 2.19 bits per heavy atom. The Hall–Kier alpha value is -0.610. The summed E-state index contributed by atoms with van der Waals surface area (Å²) in [5.41, 5.74) is 2.67. The monoisotopic (exact) mass is 307 g/mol. The number of hydrogen-bond donors (Lipinski definition) is 1. The lowest BCUT2D eigenvalue weighted by Crippen LogP contribution is -2.32. The molecule has 1 aromatic rings. The Balaban J connectivity index is 1.91. The Bertz CT molecular complexity index is 448. The molecule has 1 heterocycles. The number of nitrogens with one attached hydrogen (secondary N) is 1. The number of aryl methyl sites for hydroxylation is 1. The number of rotatable bonds is 7. The van der Waals surface area contributed by atoms with Crippen molar-refractivity contribution < 1.29 is 0 Å². The quantitative estimate of drug-likeness (QED) is 0.835. The Kier molecular flexibility index (Phi) is 6.49. The zero-order chi connectivity index (χ0) is 15.2. The second-order valence-corrected chi connectivity index (χ2v) is 7.89. The van der Waals surface area contributed by atoms with Crippen molar-refractivity contribution >= 4 is 11.8 Å². The van der Waals surface area contributed by atoms with Gasteiger partial charge in [0.2, 0.25) is 0 Å². The third kappa shape index (κ3) is 5.26. The van der Waals surface area contributed by atoms with E-state index in [0.717, 1.165) is 36.9 Å². The number of aromatic nitrogens is 2. The van der Waals surface area contributed by atoms with Gasteiger partial charge in [0.25, 0.3) is 0 Å². The predicted octanol–water partition coefficient (Wildman–Crippen LogP) is 3.61. The normalized spacial score (nSPS) is 19.6. The van der Waals surface area contributed by atoms with Crippen LogP contribution in [0.1, 0.15) is 57.6 Å². The van der Waals surface area contributed by atoms with Crippen LogP contribution >= 0.6 is 11.8 Å². The first-order valence-electron chi connectivity index (χ1n) is 8.27. The third-order valence-electron chi connectivity index (χ3n) is 4.19. The minimum atomic E-state index is 0.572. The lowest BCUT2D eigenvalue weighted by Gasteiger charge is -2.25. The highest BCUT2D eigenvalue weighted by molar-refractivity contribution is 7.99. The van der Waals surface area contributed by atoms with Crippen LogP contribution < -0.4 is 5.32 Å². The number of thioether (sulfide) groups is 1. The molecule has 1 N–H and O–H groups in total. The van der Waals surface area contributed by atoms with Crippen LogP contribution in [0, 0.1) is 5.92 Å². The van der Waals surface area contributed by atoms with Crippen molar-refractivity contribution in [2.45, 2.75) is 70.4 Å². The van der Waals surface area contributed by atoms with Gasteiger partial charge in [-0.25, -0.2) is 9.97 Å². The molecule has 2 unspecified atom stereocenters. The van der Waals surface area contributed by atoms with Crippen LogP contribution in [0.4, 0.5) is 0 Å². The average molecular weight is 308 g/mol. The zero-order valence-electron chi connectivity index (χ0n) is 13.9. The molecule has 118 valence electrons. The van der Waals surface area contributed by atoms with E-state index in [9.17, 15) is 0 Å². The molecule has 0 radical (unpaired) electrons. The maximum Gasteiger partial charge on any atom is 0.138 e. The van der Waals surface area contributed by atoms with Gasteiger partial charge in [-0.15, -0.1) is 0 Å². The molecular formula is C17H29N3S. The van der Waals surface area contributed by atoms with E-state index in [2.05, 4.69) is 44.2 Å². The van der Waals surface area contributed by atoms with Gasteiger partial charge in [-0.2, -0.15) is 11.8 Å². The maximum absolute atomic E-state index is 4.80. The lowest BCUT2D eigenvalue weighted by atomic mass is 9.87. The van der Waals surface area contributed by atoms with E-state index in [4.69, 9.17) is 4.98 Å². The van der Waals surface area contributed by atoms with Gasteiger partial charge < -0.3 is 5.32 Å². The Labute approximate surface area is 133 Å². The van der Waals surface area contributed by atoms with Crippen LogP contribution in [0.5, 0.6) is 0 Å². The molecule has 0 fully saturated rings. The van der Waals surface area contributed by atoms with Crippen LogP contribution in [-0.2, 0) is 18.6 Å². The van der Waals surface area contributed by atoms with Crippen molar-refractivity contribution in [3.8, 4) is 0 Å². The summed E-state index contributed by atoms with van der Waals surface area (Å²) in [4.78, 5) is 9.37. The summed E-state index contributed by atoms with van der Waals surface area (Å²) in [6.45, 7) is 10.0. The highest BCUT2D eigenvalue weighted by Crippen LogP contribution is 2.25. The first-order chi connectivity index (χ1) is 10.1. The second kappa shape index (κ2) is 8.14. The fraction of sp³-hybridized carbons (Fsp3) is 0.765. The summed E-state index contributed by atoms with van der Waals surface area (Å²) >= 11 is 1.96. The molecule has 21 heavy (non-hydrogen) atoms. The summed E-state index contributed by atoms with van der Waals surface area (Å²) in [6, 6.07) is 0.572. The molecule has 0 aromatic carbocycles. The zero-order valence-corrected chi connectivity index (χ0v) is 14.7. The Morgan fingerprint density at radius 3 is 2.90 bits per heavy atom. The minimum Gasteiger partial charge on any atom is -0.314 e. The van der Waals surface area contributed by atoms with E-state index < -0.39 is 0 Å². The van der Waals surface area contributed by atoms with Crippen LogP contribution in [-0.4, -0.2) is 27.8 Å². The topological polar surface area (TPSA) is 37.8 Å². The fourth-order valence-corrected chi connectivity index (χ4v) is 3.41. The number of fused-ring (bicyclic) bond motifs is 1. The molecule has 0 saturated heterocycles. The van der Waals surface area contributed by atoms with Gasteiger partial charge in [0, 0.05) is 23.2 Å². The van der Waals surface area contributed by atoms with E-state index in [1.807, 2.05) is 11.8 Å².